The van der Waals surface area contributed by atoms with Gasteiger partial charge in [-0.15, -0.1) is 10.2 Å². The predicted molar refractivity (Wildman–Crippen MR) is 132 cm³/mol. The van der Waals surface area contributed by atoms with E-state index in [-0.39, 0.29) is 4.90 Å². The number of rotatable bonds is 3. The molecular weight excluding hydrogens is 448 g/mol. The second kappa shape index (κ2) is 9.44. The normalized spacial score (nSPS) is 25.4. The Morgan fingerprint density at radius 1 is 0.824 bits per heavy atom. The summed E-state index contributed by atoms with van der Waals surface area (Å²) in [6.45, 7) is 6.79. The molecule has 3 aromatic rings. The highest BCUT2D eigenvalue weighted by Gasteiger charge is 2.42. The van der Waals surface area contributed by atoms with Crippen molar-refractivity contribution in [3.63, 3.8) is 0 Å². The topological polar surface area (TPSA) is 86.6 Å². The molecule has 4 aliphatic rings. The van der Waals surface area contributed by atoms with Crippen LogP contribution in [0.4, 0.5) is 5.82 Å². The third-order valence-electron chi connectivity index (χ3n) is 7.00. The molecule has 4 atom stereocenters. The molecule has 4 aliphatic heterocycles. The van der Waals surface area contributed by atoms with Crippen LogP contribution in [-0.2, 0) is 10.1 Å². The van der Waals surface area contributed by atoms with E-state index in [0.717, 1.165) is 41.0 Å². The molecule has 4 fully saturated rings. The predicted octanol–water partition coefficient (Wildman–Crippen LogP) is 3.92. The lowest BCUT2D eigenvalue weighted by molar-refractivity contribution is 0.0980. The second-order valence-corrected chi connectivity index (χ2v) is 11.1. The lowest BCUT2D eigenvalue weighted by Crippen LogP contribution is -2.49. The van der Waals surface area contributed by atoms with E-state index in [0.29, 0.717) is 6.04 Å². The van der Waals surface area contributed by atoms with Crippen molar-refractivity contribution in [1.82, 2.24) is 15.1 Å². The minimum atomic E-state index is -4.02. The maximum absolute atomic E-state index is 10.5. The number of hydrogen-bond acceptors (Lipinski definition) is 6. The highest BCUT2D eigenvalue weighted by atomic mass is 32.2. The van der Waals surface area contributed by atoms with Crippen molar-refractivity contribution in [3.8, 4) is 11.3 Å². The zero-order valence-electron chi connectivity index (χ0n) is 19.3. The maximum atomic E-state index is 10.5. The molecule has 0 saturated carbocycles. The van der Waals surface area contributed by atoms with Crippen LogP contribution < -0.4 is 4.90 Å². The Bertz CT molecular complexity index is 1200. The average Bonchev–Trinajstić information content (AvgIpc) is 3.03. The molecule has 4 bridgehead atoms. The van der Waals surface area contributed by atoms with Crippen LogP contribution in [0.1, 0.15) is 18.4 Å². The first kappa shape index (κ1) is 23.0. The second-order valence-electron chi connectivity index (χ2n) is 9.66. The zero-order chi connectivity index (χ0) is 23.7. The molecule has 1 N–H and O–H groups in total. The van der Waals surface area contributed by atoms with Gasteiger partial charge < -0.3 is 9.80 Å². The first-order chi connectivity index (χ1) is 16.3. The van der Waals surface area contributed by atoms with Crippen LogP contribution in [0, 0.1) is 18.8 Å². The molecule has 0 aliphatic carbocycles. The van der Waals surface area contributed by atoms with E-state index in [2.05, 4.69) is 44.3 Å². The SMILES string of the molecule is Cc1ccc(S(=O)(=O)O)cc1.c1ccc(-c2ccc(N3CC4CC5CC3CN(C5)C4)nn2)cc1. The summed E-state index contributed by atoms with van der Waals surface area (Å²) in [5.74, 6) is 2.76. The van der Waals surface area contributed by atoms with Crippen LogP contribution in [0.25, 0.3) is 11.3 Å². The quantitative estimate of drug-likeness (QED) is 0.571. The van der Waals surface area contributed by atoms with Gasteiger partial charge in [-0.2, -0.15) is 8.42 Å². The number of piperidine rings is 2. The number of fused-ring (bicyclic) bond motifs is 1. The molecule has 4 unspecified atom stereocenters. The molecule has 1 aromatic heterocycles. The molecule has 178 valence electrons. The maximum Gasteiger partial charge on any atom is 0.294 e. The fourth-order valence-electron chi connectivity index (χ4n) is 5.52. The Morgan fingerprint density at radius 2 is 1.56 bits per heavy atom. The van der Waals surface area contributed by atoms with Crippen LogP contribution >= 0.6 is 0 Å². The van der Waals surface area contributed by atoms with Gasteiger partial charge in [0.15, 0.2) is 5.82 Å². The molecule has 7 nitrogen and oxygen atoms in total. The molecule has 0 radical (unpaired) electrons. The lowest BCUT2D eigenvalue weighted by Gasteiger charge is -2.41. The average molecular weight is 479 g/mol. The summed E-state index contributed by atoms with van der Waals surface area (Å²) in [5, 5.41) is 9.07. The molecule has 34 heavy (non-hydrogen) atoms. The van der Waals surface area contributed by atoms with Crippen molar-refractivity contribution < 1.29 is 13.0 Å². The monoisotopic (exact) mass is 478 g/mol. The van der Waals surface area contributed by atoms with Crippen LogP contribution in [0.15, 0.2) is 71.6 Å². The highest BCUT2D eigenvalue weighted by Crippen LogP contribution is 2.38. The number of aromatic nitrogens is 2. The first-order valence-corrected chi connectivity index (χ1v) is 13.2. The summed E-state index contributed by atoms with van der Waals surface area (Å²) in [7, 11) is -4.02. The van der Waals surface area contributed by atoms with Gasteiger partial charge in [0.2, 0.25) is 0 Å². The minimum Gasteiger partial charge on any atom is -0.351 e. The fourth-order valence-corrected chi connectivity index (χ4v) is 6.00. The van der Waals surface area contributed by atoms with Crippen LogP contribution in [0.5, 0.6) is 0 Å². The van der Waals surface area contributed by atoms with Crippen molar-refractivity contribution in [1.29, 1.82) is 0 Å². The molecule has 5 heterocycles. The van der Waals surface area contributed by atoms with E-state index in [4.69, 9.17) is 4.55 Å². The van der Waals surface area contributed by atoms with Gasteiger partial charge in [0.25, 0.3) is 10.1 Å². The van der Waals surface area contributed by atoms with E-state index in [9.17, 15) is 8.42 Å². The van der Waals surface area contributed by atoms with E-state index >= 15 is 0 Å². The largest absolute Gasteiger partial charge is 0.351 e. The number of nitrogens with zero attached hydrogens (tertiary/aromatic N) is 4. The van der Waals surface area contributed by atoms with E-state index in [1.54, 1.807) is 12.1 Å². The molecule has 4 saturated heterocycles. The van der Waals surface area contributed by atoms with E-state index in [1.165, 1.54) is 44.6 Å². The fraction of sp³-hybridized carbons (Fsp3) is 0.385. The molecule has 8 heteroatoms. The molecule has 0 spiro atoms. The van der Waals surface area contributed by atoms with Gasteiger partial charge in [-0.3, -0.25) is 4.55 Å². The third-order valence-corrected chi connectivity index (χ3v) is 7.87. The smallest absolute Gasteiger partial charge is 0.294 e. The Morgan fingerprint density at radius 3 is 2.21 bits per heavy atom. The van der Waals surface area contributed by atoms with E-state index < -0.39 is 10.1 Å². The summed E-state index contributed by atoms with van der Waals surface area (Å²) >= 11 is 0. The Balaban J connectivity index is 0.000000186. The van der Waals surface area contributed by atoms with Crippen molar-refractivity contribution in [2.24, 2.45) is 11.8 Å². The van der Waals surface area contributed by atoms with Crippen LogP contribution in [-0.4, -0.2) is 60.3 Å². The highest BCUT2D eigenvalue weighted by molar-refractivity contribution is 7.85. The summed E-state index contributed by atoms with van der Waals surface area (Å²) in [4.78, 5) is 5.13. The number of hydrogen-bond donors (Lipinski definition) is 1. The van der Waals surface area contributed by atoms with Crippen molar-refractivity contribution in [3.05, 3.63) is 72.3 Å². The van der Waals surface area contributed by atoms with Gasteiger partial charge in [0, 0.05) is 37.8 Å². The Hall–Kier alpha value is -2.81. The Labute approximate surface area is 201 Å². The summed E-state index contributed by atoms with van der Waals surface area (Å²) in [5.41, 5.74) is 3.05. The third kappa shape index (κ3) is 5.14. The van der Waals surface area contributed by atoms with Gasteiger partial charge in [0.05, 0.1) is 10.6 Å². The van der Waals surface area contributed by atoms with Gasteiger partial charge in [-0.1, -0.05) is 48.0 Å². The number of aryl methyl sites for hydroxylation is 1. The zero-order valence-corrected chi connectivity index (χ0v) is 20.1. The number of benzene rings is 2. The first-order valence-electron chi connectivity index (χ1n) is 11.8. The van der Waals surface area contributed by atoms with E-state index in [1.807, 2.05) is 25.1 Å². The van der Waals surface area contributed by atoms with Gasteiger partial charge in [0.1, 0.15) is 0 Å². The van der Waals surface area contributed by atoms with Crippen molar-refractivity contribution in [2.75, 3.05) is 31.1 Å². The van der Waals surface area contributed by atoms with Gasteiger partial charge in [-0.05, 0) is 55.9 Å². The molecule has 7 rings (SSSR count). The molecular formula is C26H30N4O3S. The lowest BCUT2D eigenvalue weighted by atomic mass is 9.84. The minimum absolute atomic E-state index is 0.0666. The molecule has 2 aromatic carbocycles. The van der Waals surface area contributed by atoms with Crippen molar-refractivity contribution >= 4 is 15.9 Å². The van der Waals surface area contributed by atoms with Crippen molar-refractivity contribution in [2.45, 2.75) is 30.7 Å². The van der Waals surface area contributed by atoms with Gasteiger partial charge >= 0.3 is 0 Å². The molecule has 0 amide bonds. The number of anilines is 1. The van der Waals surface area contributed by atoms with Crippen LogP contribution in [0.2, 0.25) is 0 Å². The van der Waals surface area contributed by atoms with Gasteiger partial charge in [-0.25, -0.2) is 0 Å². The summed E-state index contributed by atoms with van der Waals surface area (Å²) in [6, 6.07) is 21.2. The summed E-state index contributed by atoms with van der Waals surface area (Å²) < 4.78 is 29.6. The van der Waals surface area contributed by atoms with Crippen LogP contribution in [0.3, 0.4) is 0 Å². The standard InChI is InChI=1S/C19H22N4.C7H8O3S/c1-2-4-16(5-3-1)18-6-7-19(21-20-18)23-12-15-8-14-9-17(23)13-22(10-14)11-15;1-6-2-4-7(5-3-6)11(8,9)10/h1-7,14-15,17H,8-13H2;2-5H,1H3,(H,8,9,10). The Kier molecular flexibility index (Phi) is 6.38. The summed E-state index contributed by atoms with van der Waals surface area (Å²) in [6.07, 6.45) is 2.73.